The van der Waals surface area contributed by atoms with Crippen LogP contribution < -0.4 is 11.1 Å². The maximum absolute atomic E-state index is 12.2. The molecule has 1 aromatic rings. The van der Waals surface area contributed by atoms with Crippen LogP contribution in [0, 0.1) is 5.41 Å². The minimum Gasteiger partial charge on any atom is -0.352 e. The third kappa shape index (κ3) is 5.76. The fourth-order valence-electron chi connectivity index (χ4n) is 3.21. The predicted molar refractivity (Wildman–Crippen MR) is 97.8 cm³/mol. The number of amides is 1. The van der Waals surface area contributed by atoms with Gasteiger partial charge in [0, 0.05) is 19.2 Å². The minimum atomic E-state index is -3.18. The summed E-state index contributed by atoms with van der Waals surface area (Å²) in [6.45, 7) is 0.965. The monoisotopic (exact) mass is 374 g/mol. The van der Waals surface area contributed by atoms with E-state index in [1.54, 1.807) is 24.3 Å². The normalized spacial score (nSPS) is 16.9. The third-order valence-electron chi connectivity index (χ3n) is 4.72. The molecule has 0 unspecified atom stereocenters. The molecule has 3 N–H and O–H groups in total. The molecule has 1 aromatic carbocycles. The Morgan fingerprint density at radius 1 is 1.17 bits per heavy atom. The summed E-state index contributed by atoms with van der Waals surface area (Å²) in [6.07, 6.45) is 7.25. The fourth-order valence-corrected chi connectivity index (χ4v) is 3.84. The van der Waals surface area contributed by atoms with Crippen molar-refractivity contribution >= 4 is 28.2 Å². The van der Waals surface area contributed by atoms with Crippen LogP contribution in [0.3, 0.4) is 0 Å². The summed E-state index contributed by atoms with van der Waals surface area (Å²) in [5, 5.41) is 2.92. The average molecular weight is 375 g/mol. The standard InChI is InChI=1S/C17H26N2O3S.ClH/c1-23(21,22)15-7-5-14(6-8-15)12-19-16(20)11-17(13-18)9-3-2-4-10-17;/h5-8H,2-4,9-13,18H2,1H3,(H,19,20);1H. The van der Waals surface area contributed by atoms with Gasteiger partial charge in [-0.1, -0.05) is 31.4 Å². The molecule has 7 heteroatoms. The van der Waals surface area contributed by atoms with Crippen molar-refractivity contribution in [3.05, 3.63) is 29.8 Å². The van der Waals surface area contributed by atoms with Crippen molar-refractivity contribution in [2.24, 2.45) is 11.1 Å². The quantitative estimate of drug-likeness (QED) is 0.800. The summed E-state index contributed by atoms with van der Waals surface area (Å²) < 4.78 is 22.8. The van der Waals surface area contributed by atoms with E-state index in [0.29, 0.717) is 19.5 Å². The third-order valence-corrected chi connectivity index (χ3v) is 5.85. The minimum absolute atomic E-state index is 0. The highest BCUT2D eigenvalue weighted by Crippen LogP contribution is 2.38. The Hall–Kier alpha value is -1.11. The van der Waals surface area contributed by atoms with Gasteiger partial charge in [-0.3, -0.25) is 4.79 Å². The zero-order valence-electron chi connectivity index (χ0n) is 14.1. The molecule has 24 heavy (non-hydrogen) atoms. The second-order valence-electron chi connectivity index (χ2n) is 6.63. The lowest BCUT2D eigenvalue weighted by Gasteiger charge is -2.35. The van der Waals surface area contributed by atoms with Crippen molar-refractivity contribution in [2.75, 3.05) is 12.8 Å². The van der Waals surface area contributed by atoms with Gasteiger partial charge in [-0.25, -0.2) is 8.42 Å². The Labute approximate surface area is 150 Å². The van der Waals surface area contributed by atoms with Gasteiger partial charge in [0.1, 0.15) is 0 Å². The molecule has 2 rings (SSSR count). The van der Waals surface area contributed by atoms with E-state index in [4.69, 9.17) is 5.73 Å². The second kappa shape index (κ2) is 8.83. The van der Waals surface area contributed by atoms with E-state index in [2.05, 4.69) is 5.32 Å². The van der Waals surface area contributed by atoms with Crippen LogP contribution in [0.4, 0.5) is 0 Å². The number of nitrogens with two attached hydrogens (primary N) is 1. The molecule has 0 atom stereocenters. The van der Waals surface area contributed by atoms with Crippen molar-refractivity contribution in [2.45, 2.75) is 50.0 Å². The van der Waals surface area contributed by atoms with Crippen LogP contribution in [0.5, 0.6) is 0 Å². The Bertz CT molecular complexity index is 638. The highest BCUT2D eigenvalue weighted by molar-refractivity contribution is 7.90. The fraction of sp³-hybridized carbons (Fsp3) is 0.588. The first-order valence-electron chi connectivity index (χ1n) is 8.10. The molecule has 0 spiro atoms. The molecule has 0 bridgehead atoms. The van der Waals surface area contributed by atoms with Gasteiger partial charge in [0.05, 0.1) is 4.90 Å². The van der Waals surface area contributed by atoms with Crippen LogP contribution in [0.25, 0.3) is 0 Å². The van der Waals surface area contributed by atoms with Gasteiger partial charge in [-0.15, -0.1) is 12.4 Å². The lowest BCUT2D eigenvalue weighted by atomic mass is 9.71. The summed E-state index contributed by atoms with van der Waals surface area (Å²) in [5.74, 6) is 0.0181. The molecule has 1 amide bonds. The highest BCUT2D eigenvalue weighted by atomic mass is 35.5. The summed E-state index contributed by atoms with van der Waals surface area (Å²) in [4.78, 5) is 12.5. The lowest BCUT2D eigenvalue weighted by Crippen LogP contribution is -2.38. The Balaban J connectivity index is 0.00000288. The molecule has 1 fully saturated rings. The molecule has 1 aliphatic rings. The van der Waals surface area contributed by atoms with Crippen molar-refractivity contribution in [3.8, 4) is 0 Å². The largest absolute Gasteiger partial charge is 0.352 e. The van der Waals surface area contributed by atoms with E-state index in [9.17, 15) is 13.2 Å². The number of carbonyl (C=O) groups excluding carboxylic acids is 1. The van der Waals surface area contributed by atoms with Crippen molar-refractivity contribution in [1.82, 2.24) is 5.32 Å². The Morgan fingerprint density at radius 2 is 1.75 bits per heavy atom. The van der Waals surface area contributed by atoms with E-state index >= 15 is 0 Å². The lowest BCUT2D eigenvalue weighted by molar-refractivity contribution is -0.124. The molecule has 0 saturated heterocycles. The maximum Gasteiger partial charge on any atom is 0.220 e. The first-order chi connectivity index (χ1) is 10.8. The number of benzene rings is 1. The summed E-state index contributed by atoms with van der Waals surface area (Å²) in [6, 6.07) is 6.60. The summed E-state index contributed by atoms with van der Waals surface area (Å²) in [7, 11) is -3.18. The van der Waals surface area contributed by atoms with E-state index < -0.39 is 9.84 Å². The number of sulfone groups is 1. The van der Waals surface area contributed by atoms with Crippen molar-refractivity contribution in [1.29, 1.82) is 0 Å². The smallest absolute Gasteiger partial charge is 0.220 e. The predicted octanol–water partition coefficient (Wildman–Crippen LogP) is 2.43. The van der Waals surface area contributed by atoms with Crippen LogP contribution in [-0.4, -0.2) is 27.1 Å². The van der Waals surface area contributed by atoms with Gasteiger partial charge >= 0.3 is 0 Å². The number of hydrogen-bond acceptors (Lipinski definition) is 4. The van der Waals surface area contributed by atoms with Crippen LogP contribution >= 0.6 is 12.4 Å². The van der Waals surface area contributed by atoms with Gasteiger partial charge in [-0.05, 0) is 42.5 Å². The highest BCUT2D eigenvalue weighted by Gasteiger charge is 2.32. The number of rotatable bonds is 6. The van der Waals surface area contributed by atoms with Gasteiger partial charge in [0.2, 0.25) is 5.91 Å². The Kier molecular flexibility index (Phi) is 7.70. The molecule has 0 aromatic heterocycles. The average Bonchev–Trinajstić information content (AvgIpc) is 2.53. The molecule has 1 saturated carbocycles. The molecule has 5 nitrogen and oxygen atoms in total. The van der Waals surface area contributed by atoms with Crippen LogP contribution in [0.1, 0.15) is 44.1 Å². The number of nitrogens with one attached hydrogen (secondary N) is 1. The first-order valence-corrected chi connectivity index (χ1v) is 10.00. The second-order valence-corrected chi connectivity index (χ2v) is 8.65. The van der Waals surface area contributed by atoms with Gasteiger partial charge in [0.15, 0.2) is 9.84 Å². The molecule has 1 aliphatic carbocycles. The van der Waals surface area contributed by atoms with E-state index in [-0.39, 0.29) is 28.6 Å². The first kappa shape index (κ1) is 20.9. The summed E-state index contributed by atoms with van der Waals surface area (Å²) in [5.41, 5.74) is 6.76. The molecular formula is C17H27ClN2O3S. The van der Waals surface area contributed by atoms with Crippen molar-refractivity contribution in [3.63, 3.8) is 0 Å². The SMILES string of the molecule is CS(=O)(=O)c1ccc(CNC(=O)CC2(CN)CCCCC2)cc1.Cl. The van der Waals surface area contributed by atoms with Crippen LogP contribution in [-0.2, 0) is 21.2 Å². The van der Waals surface area contributed by atoms with Gasteiger partial charge in [0.25, 0.3) is 0 Å². The van der Waals surface area contributed by atoms with Crippen LogP contribution in [0.2, 0.25) is 0 Å². The summed E-state index contributed by atoms with van der Waals surface area (Å²) >= 11 is 0. The topological polar surface area (TPSA) is 89.3 Å². The van der Waals surface area contributed by atoms with Crippen molar-refractivity contribution < 1.29 is 13.2 Å². The molecule has 0 radical (unpaired) electrons. The molecule has 0 aliphatic heterocycles. The molecular weight excluding hydrogens is 348 g/mol. The number of hydrogen-bond donors (Lipinski definition) is 2. The number of carbonyl (C=O) groups is 1. The Morgan fingerprint density at radius 3 is 2.25 bits per heavy atom. The zero-order valence-corrected chi connectivity index (χ0v) is 15.7. The van der Waals surface area contributed by atoms with Crippen LogP contribution in [0.15, 0.2) is 29.2 Å². The van der Waals surface area contributed by atoms with E-state index in [0.717, 1.165) is 31.2 Å². The molecule has 0 heterocycles. The van der Waals surface area contributed by atoms with E-state index in [1.807, 2.05) is 0 Å². The molecule has 136 valence electrons. The number of halogens is 1. The van der Waals surface area contributed by atoms with Gasteiger partial charge < -0.3 is 11.1 Å². The van der Waals surface area contributed by atoms with E-state index in [1.165, 1.54) is 12.7 Å². The van der Waals surface area contributed by atoms with Gasteiger partial charge in [-0.2, -0.15) is 0 Å². The maximum atomic E-state index is 12.2. The zero-order chi connectivity index (χ0) is 16.9.